The van der Waals surface area contributed by atoms with Gasteiger partial charge < -0.3 is 5.73 Å². The summed E-state index contributed by atoms with van der Waals surface area (Å²) >= 11 is 0. The number of aromatic nitrogens is 4. The number of tetrazole rings is 1. The molecule has 0 saturated carbocycles. The van der Waals surface area contributed by atoms with Crippen LogP contribution < -0.4 is 10.0 Å². The molecule has 0 spiro atoms. The molecule has 1 heterocycles. The number of primary amides is 1. The molecule has 0 fully saturated rings. The summed E-state index contributed by atoms with van der Waals surface area (Å²) in [5, 5.41) is 11.2. The Balaban J connectivity index is 2.26. The van der Waals surface area contributed by atoms with Crippen molar-refractivity contribution in [1.29, 1.82) is 0 Å². The highest BCUT2D eigenvalue weighted by Crippen LogP contribution is 2.40. The van der Waals surface area contributed by atoms with Crippen LogP contribution in [0, 0.1) is 0 Å². The second-order valence-corrected chi connectivity index (χ2v) is 8.10. The maximum atomic E-state index is 13.3. The van der Waals surface area contributed by atoms with Crippen LogP contribution >= 0.6 is 0 Å². The van der Waals surface area contributed by atoms with Crippen LogP contribution in [0.5, 0.6) is 0 Å². The summed E-state index contributed by atoms with van der Waals surface area (Å²) in [6, 6.07) is 7.75. The van der Waals surface area contributed by atoms with Crippen molar-refractivity contribution in [3.8, 4) is 11.4 Å². The fourth-order valence-electron chi connectivity index (χ4n) is 2.73. The van der Waals surface area contributed by atoms with Gasteiger partial charge in [-0.3, -0.25) is 4.79 Å². The maximum absolute atomic E-state index is 13.3. The van der Waals surface area contributed by atoms with Gasteiger partial charge in [0, 0.05) is 11.1 Å². The Bertz CT molecular complexity index is 1210. The molecule has 0 aliphatic rings. The van der Waals surface area contributed by atoms with Crippen LogP contribution in [0.15, 0.2) is 42.5 Å². The van der Waals surface area contributed by atoms with Gasteiger partial charge in [-0.2, -0.15) is 18.0 Å². The molecule has 2 N–H and O–H groups in total. The Morgan fingerprint density at radius 1 is 1.13 bits per heavy atom. The number of halogens is 3. The molecule has 0 unspecified atom stereocenters. The Hall–Kier alpha value is -3.48. The molecule has 1 amide bonds. The zero-order chi connectivity index (χ0) is 22.3. The van der Waals surface area contributed by atoms with Gasteiger partial charge in [-0.1, -0.05) is 0 Å². The second kappa shape index (κ2) is 7.40. The van der Waals surface area contributed by atoms with Crippen LogP contribution in [0.3, 0.4) is 0 Å². The van der Waals surface area contributed by atoms with Gasteiger partial charge in [0.15, 0.2) is 0 Å². The highest BCUT2D eigenvalue weighted by Gasteiger charge is 2.33. The molecule has 158 valence electrons. The lowest BCUT2D eigenvalue weighted by Crippen LogP contribution is -2.25. The zero-order valence-electron chi connectivity index (χ0n) is 15.6. The van der Waals surface area contributed by atoms with Crippen molar-refractivity contribution in [3.05, 3.63) is 53.6 Å². The van der Waals surface area contributed by atoms with Gasteiger partial charge in [-0.15, -0.1) is 10.2 Å². The van der Waals surface area contributed by atoms with E-state index < -0.39 is 27.7 Å². The number of anilines is 2. The molecular formula is C17H15F3N6O3S. The minimum Gasteiger partial charge on any atom is -0.366 e. The number of hydrogen-bond acceptors (Lipinski definition) is 6. The summed E-state index contributed by atoms with van der Waals surface area (Å²) in [7, 11) is -2.61. The Labute approximate surface area is 169 Å². The number of rotatable bonds is 5. The summed E-state index contributed by atoms with van der Waals surface area (Å²) in [5.74, 6) is -0.910. The second-order valence-electron chi connectivity index (χ2n) is 6.27. The van der Waals surface area contributed by atoms with E-state index in [0.717, 1.165) is 33.6 Å². The molecule has 0 radical (unpaired) electrons. The fourth-order valence-corrected chi connectivity index (χ4v) is 3.75. The first kappa shape index (κ1) is 21.2. The number of sulfonamides is 1. The van der Waals surface area contributed by atoms with Crippen molar-refractivity contribution >= 4 is 27.3 Å². The molecule has 30 heavy (non-hydrogen) atoms. The molecule has 2 aromatic carbocycles. The number of benzene rings is 2. The lowest BCUT2D eigenvalue weighted by Gasteiger charge is -2.25. The van der Waals surface area contributed by atoms with Gasteiger partial charge in [0.2, 0.25) is 21.8 Å². The minimum atomic E-state index is -4.67. The van der Waals surface area contributed by atoms with Crippen molar-refractivity contribution in [2.45, 2.75) is 6.18 Å². The monoisotopic (exact) mass is 440 g/mol. The number of amides is 1. The van der Waals surface area contributed by atoms with Gasteiger partial charge in [0.25, 0.3) is 0 Å². The average molecular weight is 440 g/mol. The van der Waals surface area contributed by atoms with Crippen molar-refractivity contribution < 1.29 is 26.4 Å². The average Bonchev–Trinajstić information content (AvgIpc) is 3.07. The minimum absolute atomic E-state index is 0.0763. The molecule has 0 aliphatic carbocycles. The number of nitrogens with two attached hydrogens (primary N) is 1. The maximum Gasteiger partial charge on any atom is 0.416 e. The molecule has 0 bridgehead atoms. The molecule has 0 atom stereocenters. The van der Waals surface area contributed by atoms with E-state index in [1.807, 2.05) is 0 Å². The highest BCUT2D eigenvalue weighted by atomic mass is 32.2. The third-order valence-corrected chi connectivity index (χ3v) is 5.08. The van der Waals surface area contributed by atoms with E-state index in [1.54, 1.807) is 0 Å². The Kier molecular flexibility index (Phi) is 5.24. The summed E-state index contributed by atoms with van der Waals surface area (Å²) in [5.41, 5.74) is 4.08. The van der Waals surface area contributed by atoms with Crippen LogP contribution in [-0.4, -0.2) is 40.8 Å². The van der Waals surface area contributed by atoms with Crippen LogP contribution in [0.25, 0.3) is 11.4 Å². The van der Waals surface area contributed by atoms with Crippen molar-refractivity contribution in [2.24, 2.45) is 12.8 Å². The van der Waals surface area contributed by atoms with E-state index in [-0.39, 0.29) is 28.3 Å². The third-order valence-electron chi connectivity index (χ3n) is 4.01. The topological polar surface area (TPSA) is 124 Å². The summed E-state index contributed by atoms with van der Waals surface area (Å²) in [4.78, 5) is 12.3. The standard InChI is InChI=1S/C17H15F3N6O3S/c1-25-23-16(22-24-25)13-9-11(17(18,19)20)5-8-14(13)26(30(2,28)29)12-6-3-10(4-7-12)15(21)27/h3-9H,1-2H3,(H2,21,27). The van der Waals surface area contributed by atoms with Crippen LogP contribution in [0.1, 0.15) is 15.9 Å². The van der Waals surface area contributed by atoms with E-state index in [4.69, 9.17) is 5.73 Å². The summed E-state index contributed by atoms with van der Waals surface area (Å²) < 4.78 is 65.8. The Morgan fingerprint density at radius 2 is 1.77 bits per heavy atom. The molecule has 0 saturated heterocycles. The first-order valence-corrected chi connectivity index (χ1v) is 10.1. The van der Waals surface area contributed by atoms with Crippen LogP contribution in [0.4, 0.5) is 24.5 Å². The van der Waals surface area contributed by atoms with E-state index >= 15 is 0 Å². The quantitative estimate of drug-likeness (QED) is 0.648. The third kappa shape index (κ3) is 4.25. The van der Waals surface area contributed by atoms with Crippen LogP contribution in [-0.2, 0) is 23.2 Å². The van der Waals surface area contributed by atoms with Crippen molar-refractivity contribution in [3.63, 3.8) is 0 Å². The molecule has 1 aromatic heterocycles. The van der Waals surface area contributed by atoms with E-state index in [0.29, 0.717) is 0 Å². The lowest BCUT2D eigenvalue weighted by atomic mass is 10.1. The molecule has 3 rings (SSSR count). The van der Waals surface area contributed by atoms with E-state index in [2.05, 4.69) is 15.4 Å². The van der Waals surface area contributed by atoms with Crippen molar-refractivity contribution in [1.82, 2.24) is 20.2 Å². The molecule has 3 aromatic rings. The first-order chi connectivity index (χ1) is 13.9. The largest absolute Gasteiger partial charge is 0.416 e. The van der Waals surface area contributed by atoms with Crippen molar-refractivity contribution in [2.75, 3.05) is 10.6 Å². The fraction of sp³-hybridized carbons (Fsp3) is 0.176. The van der Waals surface area contributed by atoms with Gasteiger partial charge >= 0.3 is 6.18 Å². The predicted molar refractivity (Wildman–Crippen MR) is 101 cm³/mol. The molecule has 0 aliphatic heterocycles. The lowest BCUT2D eigenvalue weighted by molar-refractivity contribution is -0.137. The van der Waals surface area contributed by atoms with Gasteiger partial charge in [0.1, 0.15) is 0 Å². The zero-order valence-corrected chi connectivity index (χ0v) is 16.4. The normalized spacial score (nSPS) is 12.0. The highest BCUT2D eigenvalue weighted by molar-refractivity contribution is 7.92. The predicted octanol–water partition coefficient (Wildman–Crippen LogP) is 2.09. The van der Waals surface area contributed by atoms with Gasteiger partial charge in [-0.05, 0) is 47.7 Å². The first-order valence-electron chi connectivity index (χ1n) is 8.23. The van der Waals surface area contributed by atoms with E-state index in [1.165, 1.54) is 31.3 Å². The number of carbonyl (C=O) groups is 1. The van der Waals surface area contributed by atoms with Gasteiger partial charge in [0.05, 0.1) is 30.2 Å². The smallest absolute Gasteiger partial charge is 0.366 e. The number of carbonyl (C=O) groups excluding carboxylic acids is 1. The SMILES string of the molecule is Cn1nnc(-c2cc(C(F)(F)F)ccc2N(c2ccc(C(N)=O)cc2)S(C)(=O)=O)n1. The van der Waals surface area contributed by atoms with E-state index in [9.17, 15) is 26.4 Å². The number of hydrogen-bond donors (Lipinski definition) is 1. The molecular weight excluding hydrogens is 425 g/mol. The van der Waals surface area contributed by atoms with Crippen LogP contribution in [0.2, 0.25) is 0 Å². The number of nitrogens with zero attached hydrogens (tertiary/aromatic N) is 5. The summed E-state index contributed by atoms with van der Waals surface area (Å²) in [6.07, 6.45) is -3.78. The van der Waals surface area contributed by atoms with Gasteiger partial charge in [-0.25, -0.2) is 12.7 Å². The Morgan fingerprint density at radius 3 is 2.23 bits per heavy atom. The number of alkyl halides is 3. The number of aryl methyl sites for hydroxylation is 1. The molecule has 9 nitrogen and oxygen atoms in total. The summed E-state index contributed by atoms with van der Waals surface area (Å²) in [6.45, 7) is 0. The molecule has 13 heteroatoms.